The van der Waals surface area contributed by atoms with E-state index in [4.69, 9.17) is 0 Å². The number of aliphatic hydroxyl groups is 1. The number of likely N-dealkylation sites (tertiary alicyclic amines) is 1. The second kappa shape index (κ2) is 7.16. The third-order valence-electron chi connectivity index (χ3n) is 4.87. The molecule has 2 aromatic rings. The first-order valence-electron chi connectivity index (χ1n) is 8.35. The van der Waals surface area contributed by atoms with Gasteiger partial charge in [0, 0.05) is 25.2 Å². The predicted octanol–water partition coefficient (Wildman–Crippen LogP) is 2.62. The molecule has 0 radical (unpaired) electrons. The fraction of sp³-hybridized carbons (Fsp3) is 0.350. The quantitative estimate of drug-likeness (QED) is 0.940. The van der Waals surface area contributed by atoms with Crippen molar-refractivity contribution in [3.05, 3.63) is 59.7 Å². The van der Waals surface area contributed by atoms with Crippen LogP contribution in [0, 0.1) is 0 Å². The minimum Gasteiger partial charge on any atom is -0.392 e. The van der Waals surface area contributed by atoms with Crippen molar-refractivity contribution in [1.82, 2.24) is 9.80 Å². The van der Waals surface area contributed by atoms with Crippen LogP contribution in [0.4, 0.5) is 0 Å². The lowest BCUT2D eigenvalue weighted by Crippen LogP contribution is -2.38. The van der Waals surface area contributed by atoms with Crippen molar-refractivity contribution in [2.75, 3.05) is 27.2 Å². The van der Waals surface area contributed by atoms with Crippen LogP contribution in [0.5, 0.6) is 0 Å². The lowest BCUT2D eigenvalue weighted by Gasteiger charge is -2.24. The minimum absolute atomic E-state index is 0.00872. The van der Waals surface area contributed by atoms with Gasteiger partial charge in [0.15, 0.2) is 0 Å². The zero-order chi connectivity index (χ0) is 17.1. The molecule has 0 spiro atoms. The lowest BCUT2D eigenvalue weighted by molar-refractivity contribution is 0.0737. The Bertz CT molecular complexity index is 712. The molecule has 24 heavy (non-hydrogen) atoms. The van der Waals surface area contributed by atoms with Gasteiger partial charge in [0.25, 0.3) is 5.91 Å². The number of hydrogen-bond donors (Lipinski definition) is 1. The number of carbonyl (C=O) groups excluding carboxylic acids is 1. The van der Waals surface area contributed by atoms with Gasteiger partial charge in [0.1, 0.15) is 0 Å². The summed E-state index contributed by atoms with van der Waals surface area (Å²) in [6.45, 7) is 1.98. The molecule has 1 unspecified atom stereocenters. The fourth-order valence-corrected chi connectivity index (χ4v) is 3.33. The Labute approximate surface area is 143 Å². The molecular formula is C20H24N2O2. The number of nitrogens with zero attached hydrogens (tertiary/aromatic N) is 2. The molecule has 3 rings (SSSR count). The van der Waals surface area contributed by atoms with Crippen molar-refractivity contribution in [3.63, 3.8) is 0 Å². The van der Waals surface area contributed by atoms with E-state index in [0.717, 1.165) is 36.2 Å². The number of benzene rings is 2. The number of likely N-dealkylation sites (N-methyl/N-ethyl adjacent to an activating group) is 2. The van der Waals surface area contributed by atoms with Gasteiger partial charge in [-0.25, -0.2) is 0 Å². The Balaban J connectivity index is 1.78. The molecule has 1 aliphatic heterocycles. The highest BCUT2D eigenvalue weighted by Gasteiger charge is 2.26. The third-order valence-corrected chi connectivity index (χ3v) is 4.87. The van der Waals surface area contributed by atoms with Gasteiger partial charge < -0.3 is 14.9 Å². The molecule has 4 nitrogen and oxygen atoms in total. The molecule has 0 saturated carbocycles. The van der Waals surface area contributed by atoms with E-state index in [1.165, 1.54) is 0 Å². The van der Waals surface area contributed by atoms with Gasteiger partial charge in [-0.1, -0.05) is 36.4 Å². The Kier molecular flexibility index (Phi) is 4.97. The Morgan fingerprint density at radius 1 is 1.21 bits per heavy atom. The normalized spacial score (nSPS) is 17.9. The highest BCUT2D eigenvalue weighted by Crippen LogP contribution is 2.25. The van der Waals surface area contributed by atoms with Gasteiger partial charge in [0.05, 0.1) is 6.61 Å². The monoisotopic (exact) mass is 324 g/mol. The van der Waals surface area contributed by atoms with Gasteiger partial charge in [0.2, 0.25) is 0 Å². The molecule has 1 amide bonds. The van der Waals surface area contributed by atoms with Gasteiger partial charge in [-0.05, 0) is 48.8 Å². The third kappa shape index (κ3) is 3.35. The van der Waals surface area contributed by atoms with Crippen LogP contribution in [0.15, 0.2) is 48.5 Å². The Hall–Kier alpha value is -2.17. The summed E-state index contributed by atoms with van der Waals surface area (Å²) < 4.78 is 0. The molecule has 0 aliphatic carbocycles. The number of amides is 1. The van der Waals surface area contributed by atoms with Gasteiger partial charge in [-0.2, -0.15) is 0 Å². The van der Waals surface area contributed by atoms with Crippen molar-refractivity contribution in [2.45, 2.75) is 19.1 Å². The maximum Gasteiger partial charge on any atom is 0.253 e. The molecule has 1 N–H and O–H groups in total. The van der Waals surface area contributed by atoms with E-state index in [0.29, 0.717) is 5.56 Å². The maximum atomic E-state index is 12.7. The second-order valence-corrected chi connectivity index (χ2v) is 6.51. The van der Waals surface area contributed by atoms with Crippen LogP contribution in [-0.4, -0.2) is 54.0 Å². The molecule has 4 heteroatoms. The second-order valence-electron chi connectivity index (χ2n) is 6.51. The van der Waals surface area contributed by atoms with Crippen molar-refractivity contribution in [3.8, 4) is 11.1 Å². The number of carbonyl (C=O) groups is 1. The summed E-state index contributed by atoms with van der Waals surface area (Å²) >= 11 is 0. The first kappa shape index (κ1) is 16.7. The zero-order valence-corrected chi connectivity index (χ0v) is 14.3. The van der Waals surface area contributed by atoms with E-state index in [2.05, 4.69) is 11.9 Å². The van der Waals surface area contributed by atoms with Crippen LogP contribution in [0.1, 0.15) is 22.3 Å². The molecule has 1 fully saturated rings. The molecule has 126 valence electrons. The van der Waals surface area contributed by atoms with Crippen molar-refractivity contribution < 1.29 is 9.90 Å². The highest BCUT2D eigenvalue weighted by atomic mass is 16.3. The summed E-state index contributed by atoms with van der Waals surface area (Å²) in [5, 5.41) is 9.47. The van der Waals surface area contributed by atoms with E-state index in [1.807, 2.05) is 60.5 Å². The largest absolute Gasteiger partial charge is 0.392 e. The van der Waals surface area contributed by atoms with Gasteiger partial charge >= 0.3 is 0 Å². The summed E-state index contributed by atoms with van der Waals surface area (Å²) in [6.07, 6.45) is 1.03. The van der Waals surface area contributed by atoms with Crippen LogP contribution >= 0.6 is 0 Å². The molecule has 1 atom stereocenters. The summed E-state index contributed by atoms with van der Waals surface area (Å²) in [5.74, 6) is 0.0669. The minimum atomic E-state index is 0.00872. The average molecular weight is 324 g/mol. The smallest absolute Gasteiger partial charge is 0.253 e. The molecule has 1 heterocycles. The van der Waals surface area contributed by atoms with E-state index in [1.54, 1.807) is 0 Å². The average Bonchev–Trinajstić information content (AvgIpc) is 3.07. The standard InChI is InChI=1S/C20H24N2O2/c1-21-12-11-18(13-21)22(2)20(24)16-9-7-15(8-10-16)19-6-4-3-5-17(19)14-23/h3-10,18,23H,11-14H2,1-2H3. The van der Waals surface area contributed by atoms with Gasteiger partial charge in [-0.3, -0.25) is 4.79 Å². The van der Waals surface area contributed by atoms with Crippen molar-refractivity contribution in [1.29, 1.82) is 0 Å². The summed E-state index contributed by atoms with van der Waals surface area (Å²) in [4.78, 5) is 16.8. The van der Waals surface area contributed by atoms with Crippen LogP contribution in [0.3, 0.4) is 0 Å². The van der Waals surface area contributed by atoms with Crippen LogP contribution in [0.2, 0.25) is 0 Å². The Morgan fingerprint density at radius 3 is 2.54 bits per heavy atom. The molecule has 1 saturated heterocycles. The maximum absolute atomic E-state index is 12.7. The molecule has 0 aromatic heterocycles. The van der Waals surface area contributed by atoms with E-state index in [-0.39, 0.29) is 18.6 Å². The van der Waals surface area contributed by atoms with E-state index in [9.17, 15) is 9.90 Å². The van der Waals surface area contributed by atoms with E-state index >= 15 is 0 Å². The zero-order valence-electron chi connectivity index (χ0n) is 14.3. The number of hydrogen-bond acceptors (Lipinski definition) is 3. The fourth-order valence-electron chi connectivity index (χ4n) is 3.33. The topological polar surface area (TPSA) is 43.8 Å². The summed E-state index contributed by atoms with van der Waals surface area (Å²) in [7, 11) is 3.98. The molecule has 2 aromatic carbocycles. The Morgan fingerprint density at radius 2 is 1.92 bits per heavy atom. The van der Waals surface area contributed by atoms with Gasteiger partial charge in [-0.15, -0.1) is 0 Å². The molecule has 1 aliphatic rings. The molecule has 0 bridgehead atoms. The first-order chi connectivity index (χ1) is 11.6. The van der Waals surface area contributed by atoms with Crippen LogP contribution in [-0.2, 0) is 6.61 Å². The molecular weight excluding hydrogens is 300 g/mol. The number of rotatable bonds is 4. The van der Waals surface area contributed by atoms with Crippen LogP contribution in [0.25, 0.3) is 11.1 Å². The number of aliphatic hydroxyl groups excluding tert-OH is 1. The van der Waals surface area contributed by atoms with Crippen LogP contribution < -0.4 is 0 Å². The SMILES string of the molecule is CN1CCC(N(C)C(=O)c2ccc(-c3ccccc3CO)cc2)C1. The predicted molar refractivity (Wildman–Crippen MR) is 95.8 cm³/mol. The van der Waals surface area contributed by atoms with Crippen molar-refractivity contribution in [2.24, 2.45) is 0 Å². The summed E-state index contributed by atoms with van der Waals surface area (Å²) in [5.41, 5.74) is 3.61. The van der Waals surface area contributed by atoms with E-state index < -0.39 is 0 Å². The van der Waals surface area contributed by atoms with Crippen molar-refractivity contribution >= 4 is 5.91 Å². The first-order valence-corrected chi connectivity index (χ1v) is 8.35. The highest BCUT2D eigenvalue weighted by molar-refractivity contribution is 5.94. The lowest BCUT2D eigenvalue weighted by atomic mass is 9.99. The summed E-state index contributed by atoms with van der Waals surface area (Å²) in [6, 6.07) is 15.7.